The predicted molar refractivity (Wildman–Crippen MR) is 88.4 cm³/mol. The maximum absolute atomic E-state index is 13.0. The number of carbonyl (C=O) groups is 2. The van der Waals surface area contributed by atoms with Gasteiger partial charge in [-0.3, -0.25) is 20.4 Å². The van der Waals surface area contributed by atoms with Gasteiger partial charge in [-0.05, 0) is 35.9 Å². The van der Waals surface area contributed by atoms with Gasteiger partial charge in [-0.1, -0.05) is 24.3 Å². The number of benzene rings is 2. The van der Waals surface area contributed by atoms with Gasteiger partial charge in [-0.2, -0.15) is 5.26 Å². The number of halogens is 1. The molecular weight excluding hydrogens is 325 g/mol. The van der Waals surface area contributed by atoms with Crippen molar-refractivity contribution in [3.8, 4) is 11.8 Å². The van der Waals surface area contributed by atoms with Gasteiger partial charge in [0.25, 0.3) is 11.8 Å². The minimum Gasteiger partial charge on any atom is -0.482 e. The Morgan fingerprint density at radius 2 is 1.96 bits per heavy atom. The highest BCUT2D eigenvalue weighted by molar-refractivity contribution is 5.93. The molecular formula is C18H14FN3O3. The number of nitrogens with one attached hydrogen (secondary N) is 2. The molecule has 2 aromatic carbocycles. The molecule has 6 nitrogen and oxygen atoms in total. The third-order valence-corrected chi connectivity index (χ3v) is 2.97. The fourth-order valence-corrected chi connectivity index (χ4v) is 1.82. The number of ether oxygens (including phenoxy) is 1. The summed E-state index contributed by atoms with van der Waals surface area (Å²) in [6, 6.07) is 14.1. The van der Waals surface area contributed by atoms with Crippen molar-refractivity contribution in [2.24, 2.45) is 0 Å². The Balaban J connectivity index is 1.78. The molecule has 0 aliphatic carbocycles. The second-order valence-corrected chi connectivity index (χ2v) is 4.82. The lowest BCUT2D eigenvalue weighted by atomic mass is 10.2. The molecule has 0 spiro atoms. The molecule has 0 aliphatic heterocycles. The van der Waals surface area contributed by atoms with Crippen LogP contribution >= 0.6 is 0 Å². The standard InChI is InChI=1S/C18H14FN3O3/c19-15-6-3-4-13(10-15)8-9-17(23)21-22-18(24)12-25-16-7-2-1-5-14(16)11-20/h1-10H,12H2,(H,21,23)(H,22,24)/b9-8+. The van der Waals surface area contributed by atoms with Crippen LogP contribution in [0.1, 0.15) is 11.1 Å². The van der Waals surface area contributed by atoms with E-state index in [1.165, 1.54) is 24.3 Å². The molecule has 0 heterocycles. The zero-order chi connectivity index (χ0) is 18.1. The second kappa shape index (κ2) is 8.84. The van der Waals surface area contributed by atoms with Gasteiger partial charge in [0.05, 0.1) is 5.56 Å². The summed E-state index contributed by atoms with van der Waals surface area (Å²) in [6.07, 6.45) is 2.56. The van der Waals surface area contributed by atoms with Crippen LogP contribution in [0, 0.1) is 17.1 Å². The van der Waals surface area contributed by atoms with Crippen molar-refractivity contribution in [1.82, 2.24) is 10.9 Å². The highest BCUT2D eigenvalue weighted by Crippen LogP contribution is 2.16. The van der Waals surface area contributed by atoms with E-state index < -0.39 is 17.6 Å². The molecule has 126 valence electrons. The lowest BCUT2D eigenvalue weighted by Crippen LogP contribution is -2.43. The third-order valence-electron chi connectivity index (χ3n) is 2.97. The maximum Gasteiger partial charge on any atom is 0.276 e. The van der Waals surface area contributed by atoms with Gasteiger partial charge in [0.15, 0.2) is 6.61 Å². The molecule has 0 fully saturated rings. The fraction of sp³-hybridized carbons (Fsp3) is 0.0556. The summed E-state index contributed by atoms with van der Waals surface area (Å²) in [6.45, 7) is -0.368. The molecule has 0 atom stereocenters. The first kappa shape index (κ1) is 17.7. The van der Waals surface area contributed by atoms with Gasteiger partial charge in [-0.15, -0.1) is 0 Å². The Bertz CT molecular complexity index is 843. The molecule has 25 heavy (non-hydrogen) atoms. The van der Waals surface area contributed by atoms with Crippen LogP contribution in [0.25, 0.3) is 6.08 Å². The van der Waals surface area contributed by atoms with Gasteiger partial charge in [-0.25, -0.2) is 4.39 Å². The van der Waals surface area contributed by atoms with E-state index in [1.54, 1.807) is 30.3 Å². The van der Waals surface area contributed by atoms with E-state index in [1.807, 2.05) is 6.07 Å². The summed E-state index contributed by atoms with van der Waals surface area (Å²) in [5.74, 6) is -1.32. The summed E-state index contributed by atoms with van der Waals surface area (Å²) in [5, 5.41) is 8.91. The Morgan fingerprint density at radius 3 is 2.72 bits per heavy atom. The van der Waals surface area contributed by atoms with E-state index >= 15 is 0 Å². The van der Waals surface area contributed by atoms with Gasteiger partial charge < -0.3 is 4.74 Å². The molecule has 0 saturated carbocycles. The Hall–Kier alpha value is -3.66. The van der Waals surface area contributed by atoms with E-state index in [0.29, 0.717) is 11.1 Å². The van der Waals surface area contributed by atoms with E-state index in [0.717, 1.165) is 6.08 Å². The lowest BCUT2D eigenvalue weighted by molar-refractivity contribution is -0.128. The second-order valence-electron chi connectivity index (χ2n) is 4.82. The first-order valence-electron chi connectivity index (χ1n) is 7.23. The number of hydrogen-bond acceptors (Lipinski definition) is 4. The molecule has 2 rings (SSSR count). The Morgan fingerprint density at radius 1 is 1.16 bits per heavy atom. The summed E-state index contributed by atoms with van der Waals surface area (Å²) >= 11 is 0. The minimum absolute atomic E-state index is 0.275. The molecule has 0 bridgehead atoms. The van der Waals surface area contributed by atoms with Crippen LogP contribution < -0.4 is 15.6 Å². The van der Waals surface area contributed by atoms with E-state index in [-0.39, 0.29) is 12.4 Å². The Kier molecular flexibility index (Phi) is 6.25. The normalized spacial score (nSPS) is 10.1. The molecule has 7 heteroatoms. The zero-order valence-corrected chi connectivity index (χ0v) is 13.0. The van der Waals surface area contributed by atoms with Gasteiger partial charge >= 0.3 is 0 Å². The first-order valence-corrected chi connectivity index (χ1v) is 7.23. The van der Waals surface area contributed by atoms with Crippen LogP contribution in [-0.2, 0) is 9.59 Å². The molecule has 0 unspecified atom stereocenters. The van der Waals surface area contributed by atoms with Crippen LogP contribution in [-0.4, -0.2) is 18.4 Å². The van der Waals surface area contributed by atoms with Crippen LogP contribution in [0.3, 0.4) is 0 Å². The molecule has 2 aromatic rings. The quantitative estimate of drug-likeness (QED) is 0.643. The van der Waals surface area contributed by atoms with Crippen LogP contribution in [0.4, 0.5) is 4.39 Å². The van der Waals surface area contributed by atoms with Crippen LogP contribution in [0.15, 0.2) is 54.6 Å². The highest BCUT2D eigenvalue weighted by Gasteiger charge is 2.06. The minimum atomic E-state index is -0.597. The van der Waals surface area contributed by atoms with Gasteiger partial charge in [0, 0.05) is 6.08 Å². The smallest absolute Gasteiger partial charge is 0.276 e. The summed E-state index contributed by atoms with van der Waals surface area (Å²) in [5.41, 5.74) is 5.15. The number of carbonyl (C=O) groups excluding carboxylic acids is 2. The van der Waals surface area contributed by atoms with Crippen molar-refractivity contribution in [1.29, 1.82) is 5.26 Å². The molecule has 2 N–H and O–H groups in total. The monoisotopic (exact) mass is 339 g/mol. The van der Waals surface area contributed by atoms with Gasteiger partial charge in [0.1, 0.15) is 17.6 Å². The number of hydrogen-bond donors (Lipinski definition) is 2. The molecule has 0 aromatic heterocycles. The summed E-state index contributed by atoms with van der Waals surface area (Å²) < 4.78 is 18.2. The predicted octanol–water partition coefficient (Wildman–Crippen LogP) is 1.94. The zero-order valence-electron chi connectivity index (χ0n) is 13.0. The number of nitrogens with zero attached hydrogens (tertiary/aromatic N) is 1. The van der Waals surface area contributed by atoms with Crippen molar-refractivity contribution < 1.29 is 18.7 Å². The van der Waals surface area contributed by atoms with Crippen LogP contribution in [0.2, 0.25) is 0 Å². The molecule has 2 amide bonds. The van der Waals surface area contributed by atoms with Crippen molar-refractivity contribution in [3.05, 3.63) is 71.6 Å². The number of hydrazine groups is 1. The molecule has 0 saturated heterocycles. The van der Waals surface area contributed by atoms with E-state index in [9.17, 15) is 14.0 Å². The number of para-hydroxylation sites is 1. The third kappa shape index (κ3) is 5.80. The topological polar surface area (TPSA) is 91.2 Å². The van der Waals surface area contributed by atoms with Crippen molar-refractivity contribution in [3.63, 3.8) is 0 Å². The maximum atomic E-state index is 13.0. The average Bonchev–Trinajstić information content (AvgIpc) is 2.63. The largest absolute Gasteiger partial charge is 0.482 e. The number of rotatable bonds is 5. The fourth-order valence-electron chi connectivity index (χ4n) is 1.82. The number of amides is 2. The summed E-state index contributed by atoms with van der Waals surface area (Å²) in [7, 11) is 0. The van der Waals surface area contributed by atoms with Crippen molar-refractivity contribution >= 4 is 17.9 Å². The first-order chi connectivity index (χ1) is 12.1. The molecule has 0 aliphatic rings. The van der Waals surface area contributed by atoms with E-state index in [2.05, 4.69) is 10.9 Å². The van der Waals surface area contributed by atoms with Crippen molar-refractivity contribution in [2.75, 3.05) is 6.61 Å². The SMILES string of the molecule is N#Cc1ccccc1OCC(=O)NNC(=O)/C=C/c1cccc(F)c1. The summed E-state index contributed by atoms with van der Waals surface area (Å²) in [4.78, 5) is 23.2. The number of nitriles is 1. The van der Waals surface area contributed by atoms with Gasteiger partial charge in [0.2, 0.25) is 0 Å². The highest BCUT2D eigenvalue weighted by atomic mass is 19.1. The Labute approximate surface area is 143 Å². The molecule has 0 radical (unpaired) electrons. The average molecular weight is 339 g/mol. The van der Waals surface area contributed by atoms with E-state index in [4.69, 9.17) is 10.00 Å². The van der Waals surface area contributed by atoms with Crippen molar-refractivity contribution in [2.45, 2.75) is 0 Å². The lowest BCUT2D eigenvalue weighted by Gasteiger charge is -2.08. The van der Waals surface area contributed by atoms with Crippen LogP contribution in [0.5, 0.6) is 5.75 Å².